The zero-order valence-electron chi connectivity index (χ0n) is 7.29. The van der Waals surface area contributed by atoms with E-state index in [2.05, 4.69) is 6.58 Å². The molecule has 0 bridgehead atoms. The number of ketones is 1. The van der Waals surface area contributed by atoms with Crippen molar-refractivity contribution < 1.29 is 4.79 Å². The number of Topliss-reactive ketones (excluding diaryl/α,β-unsaturated/α-hetero) is 1. The summed E-state index contributed by atoms with van der Waals surface area (Å²) in [6.07, 6.45) is 2.20. The zero-order chi connectivity index (χ0) is 9.42. The molecule has 1 atom stereocenters. The lowest BCUT2D eigenvalue weighted by atomic mass is 10.0. The Labute approximate surface area is 77.1 Å². The standard InChI is InChI=1S/C11H11NO/c1-2-7-3-4-8-9(5-7)10(12)6-11(8)13/h2-5,10H,1,6,12H2. The summed E-state index contributed by atoms with van der Waals surface area (Å²) in [7, 11) is 0. The molecule has 1 unspecified atom stereocenters. The van der Waals surface area contributed by atoms with E-state index in [0.717, 1.165) is 16.7 Å². The van der Waals surface area contributed by atoms with Crippen LogP contribution in [0.1, 0.15) is 33.9 Å². The molecule has 1 aromatic rings. The molecule has 0 radical (unpaired) electrons. The molecule has 66 valence electrons. The predicted molar refractivity (Wildman–Crippen MR) is 52.4 cm³/mol. The lowest BCUT2D eigenvalue weighted by Crippen LogP contribution is -2.05. The summed E-state index contributed by atoms with van der Waals surface area (Å²) in [5, 5.41) is 0. The van der Waals surface area contributed by atoms with Gasteiger partial charge >= 0.3 is 0 Å². The monoisotopic (exact) mass is 173 g/mol. The Bertz CT molecular complexity index is 382. The SMILES string of the molecule is C=Cc1ccc2c(c1)C(N)CC2=O. The molecule has 0 fully saturated rings. The van der Waals surface area contributed by atoms with Crippen molar-refractivity contribution >= 4 is 11.9 Å². The van der Waals surface area contributed by atoms with Gasteiger partial charge in [0, 0.05) is 18.0 Å². The van der Waals surface area contributed by atoms with Crippen molar-refractivity contribution in [2.75, 3.05) is 0 Å². The lowest BCUT2D eigenvalue weighted by Gasteiger charge is -2.03. The van der Waals surface area contributed by atoms with Crippen molar-refractivity contribution in [1.82, 2.24) is 0 Å². The largest absolute Gasteiger partial charge is 0.324 e. The van der Waals surface area contributed by atoms with Crippen molar-refractivity contribution in [3.63, 3.8) is 0 Å². The van der Waals surface area contributed by atoms with Gasteiger partial charge in [0.25, 0.3) is 0 Å². The Morgan fingerprint density at radius 2 is 2.31 bits per heavy atom. The molecule has 2 rings (SSSR count). The highest BCUT2D eigenvalue weighted by atomic mass is 16.1. The van der Waals surface area contributed by atoms with Crippen molar-refractivity contribution in [2.45, 2.75) is 12.5 Å². The van der Waals surface area contributed by atoms with Crippen LogP contribution < -0.4 is 5.73 Å². The molecule has 2 nitrogen and oxygen atoms in total. The van der Waals surface area contributed by atoms with Gasteiger partial charge in [-0.1, -0.05) is 24.8 Å². The average Bonchev–Trinajstić information content (AvgIpc) is 2.42. The number of fused-ring (bicyclic) bond motifs is 1. The fraction of sp³-hybridized carbons (Fsp3) is 0.182. The first-order chi connectivity index (χ1) is 6.22. The summed E-state index contributed by atoms with van der Waals surface area (Å²) in [5.74, 6) is 0.151. The molecule has 0 amide bonds. The van der Waals surface area contributed by atoms with Crippen LogP contribution in [0.25, 0.3) is 6.08 Å². The second-order valence-corrected chi connectivity index (χ2v) is 3.28. The molecular weight excluding hydrogens is 162 g/mol. The van der Waals surface area contributed by atoms with Crippen molar-refractivity contribution in [3.05, 3.63) is 41.5 Å². The summed E-state index contributed by atoms with van der Waals surface area (Å²) in [5.41, 5.74) is 8.56. The minimum absolute atomic E-state index is 0.123. The van der Waals surface area contributed by atoms with Gasteiger partial charge in [-0.15, -0.1) is 0 Å². The van der Waals surface area contributed by atoms with Crippen LogP contribution in [0.4, 0.5) is 0 Å². The van der Waals surface area contributed by atoms with Crippen molar-refractivity contribution in [2.24, 2.45) is 5.73 Å². The molecule has 0 heterocycles. The van der Waals surface area contributed by atoms with Crippen LogP contribution in [0.2, 0.25) is 0 Å². The number of nitrogens with two attached hydrogens (primary N) is 1. The highest BCUT2D eigenvalue weighted by Gasteiger charge is 2.25. The molecule has 1 aromatic carbocycles. The average molecular weight is 173 g/mol. The summed E-state index contributed by atoms with van der Waals surface area (Å²) in [6, 6.07) is 5.55. The summed E-state index contributed by atoms with van der Waals surface area (Å²) >= 11 is 0. The zero-order valence-corrected chi connectivity index (χ0v) is 7.29. The van der Waals surface area contributed by atoms with Crippen molar-refractivity contribution in [1.29, 1.82) is 0 Å². The van der Waals surface area contributed by atoms with E-state index in [4.69, 9.17) is 5.73 Å². The van der Waals surface area contributed by atoms with Crippen LogP contribution in [0.15, 0.2) is 24.8 Å². The molecule has 0 aliphatic heterocycles. The minimum Gasteiger partial charge on any atom is -0.324 e. The number of hydrogen-bond donors (Lipinski definition) is 1. The normalized spacial score (nSPS) is 20.1. The van der Waals surface area contributed by atoms with E-state index >= 15 is 0 Å². The molecule has 2 heteroatoms. The van der Waals surface area contributed by atoms with Gasteiger partial charge in [-0.3, -0.25) is 4.79 Å². The summed E-state index contributed by atoms with van der Waals surface area (Å²) in [6.45, 7) is 3.67. The summed E-state index contributed by atoms with van der Waals surface area (Å²) < 4.78 is 0. The molecule has 0 spiro atoms. The van der Waals surface area contributed by atoms with Crippen LogP contribution in [-0.4, -0.2) is 5.78 Å². The second-order valence-electron chi connectivity index (χ2n) is 3.28. The summed E-state index contributed by atoms with van der Waals surface area (Å²) in [4.78, 5) is 11.4. The predicted octanol–water partition coefficient (Wildman–Crippen LogP) is 1.92. The Kier molecular flexibility index (Phi) is 1.78. The fourth-order valence-corrected chi connectivity index (χ4v) is 1.69. The molecule has 2 N–H and O–H groups in total. The molecule has 1 aliphatic carbocycles. The number of hydrogen-bond acceptors (Lipinski definition) is 2. The van der Waals surface area contributed by atoms with Crippen molar-refractivity contribution in [3.8, 4) is 0 Å². The number of benzene rings is 1. The molecule has 0 aromatic heterocycles. The van der Waals surface area contributed by atoms with Crippen LogP contribution in [0.3, 0.4) is 0 Å². The Morgan fingerprint density at radius 1 is 1.54 bits per heavy atom. The first-order valence-corrected chi connectivity index (χ1v) is 4.27. The van der Waals surface area contributed by atoms with E-state index in [0.29, 0.717) is 6.42 Å². The van der Waals surface area contributed by atoms with Gasteiger partial charge in [0.05, 0.1) is 0 Å². The van der Waals surface area contributed by atoms with Crippen LogP contribution in [-0.2, 0) is 0 Å². The lowest BCUT2D eigenvalue weighted by molar-refractivity contribution is 0.0989. The van der Waals surface area contributed by atoms with Crippen LogP contribution in [0.5, 0.6) is 0 Å². The number of carbonyl (C=O) groups is 1. The molecule has 0 saturated heterocycles. The smallest absolute Gasteiger partial charge is 0.165 e. The van der Waals surface area contributed by atoms with Gasteiger partial charge in [-0.25, -0.2) is 0 Å². The fourth-order valence-electron chi connectivity index (χ4n) is 1.69. The molecule has 1 aliphatic rings. The van der Waals surface area contributed by atoms with Gasteiger partial charge in [0.1, 0.15) is 0 Å². The minimum atomic E-state index is -0.123. The van der Waals surface area contributed by atoms with Crippen LogP contribution in [0, 0.1) is 0 Å². The van der Waals surface area contributed by atoms with Gasteiger partial charge in [-0.05, 0) is 17.2 Å². The number of rotatable bonds is 1. The molecule has 0 saturated carbocycles. The van der Waals surface area contributed by atoms with E-state index in [1.54, 1.807) is 6.08 Å². The molecular formula is C11H11NO. The first kappa shape index (κ1) is 8.20. The second kappa shape index (κ2) is 2.82. The van der Waals surface area contributed by atoms with Gasteiger partial charge in [-0.2, -0.15) is 0 Å². The Morgan fingerprint density at radius 3 is 3.00 bits per heavy atom. The van der Waals surface area contributed by atoms with Gasteiger partial charge in [0.2, 0.25) is 0 Å². The third kappa shape index (κ3) is 1.19. The van der Waals surface area contributed by atoms with E-state index in [1.165, 1.54) is 0 Å². The third-order valence-corrected chi connectivity index (χ3v) is 2.42. The van der Waals surface area contributed by atoms with E-state index in [1.807, 2.05) is 18.2 Å². The highest BCUT2D eigenvalue weighted by molar-refractivity contribution is 6.01. The Balaban J connectivity index is 2.58. The van der Waals surface area contributed by atoms with E-state index in [-0.39, 0.29) is 11.8 Å². The quantitative estimate of drug-likeness (QED) is 0.705. The van der Waals surface area contributed by atoms with Crippen LogP contribution >= 0.6 is 0 Å². The Hall–Kier alpha value is -1.41. The topological polar surface area (TPSA) is 43.1 Å². The highest BCUT2D eigenvalue weighted by Crippen LogP contribution is 2.29. The van der Waals surface area contributed by atoms with E-state index in [9.17, 15) is 4.79 Å². The van der Waals surface area contributed by atoms with E-state index < -0.39 is 0 Å². The van der Waals surface area contributed by atoms with Gasteiger partial charge in [0.15, 0.2) is 5.78 Å². The first-order valence-electron chi connectivity index (χ1n) is 4.27. The maximum atomic E-state index is 11.4. The number of carbonyl (C=O) groups excluding carboxylic acids is 1. The third-order valence-electron chi connectivity index (χ3n) is 2.42. The van der Waals surface area contributed by atoms with Gasteiger partial charge < -0.3 is 5.73 Å². The molecule has 13 heavy (non-hydrogen) atoms. The maximum absolute atomic E-state index is 11.4. The maximum Gasteiger partial charge on any atom is 0.165 e.